The van der Waals surface area contributed by atoms with Crippen LogP contribution in [0.2, 0.25) is 0 Å². The third kappa shape index (κ3) is 2.82. The zero-order valence-corrected chi connectivity index (χ0v) is 12.0. The monoisotopic (exact) mass is 264 g/mol. The van der Waals surface area contributed by atoms with Gasteiger partial charge < -0.3 is 5.11 Å². The van der Waals surface area contributed by atoms with Crippen LogP contribution in [0.15, 0.2) is 18.2 Å². The molecule has 2 aromatic heterocycles. The number of aliphatic hydroxyl groups is 1. The van der Waals surface area contributed by atoms with Crippen LogP contribution in [0, 0.1) is 0 Å². The maximum Gasteiger partial charge on any atom is 0.100 e. The van der Waals surface area contributed by atoms with E-state index in [0.29, 0.717) is 6.42 Å². The summed E-state index contributed by atoms with van der Waals surface area (Å²) in [7, 11) is 1.89. The van der Waals surface area contributed by atoms with Crippen molar-refractivity contribution < 1.29 is 5.11 Å². The van der Waals surface area contributed by atoms with E-state index in [2.05, 4.69) is 31.1 Å². The third-order valence-electron chi connectivity index (χ3n) is 3.13. The van der Waals surface area contributed by atoms with Crippen LogP contribution in [0.5, 0.6) is 0 Å². The van der Waals surface area contributed by atoms with Gasteiger partial charge in [-0.2, -0.15) is 5.10 Å². The fourth-order valence-electron chi connectivity index (χ4n) is 2.05. The van der Waals surface area contributed by atoms with Crippen LogP contribution in [0.1, 0.15) is 41.1 Å². The summed E-state index contributed by atoms with van der Waals surface area (Å²) in [5, 5.41) is 14.7. The zero-order chi connectivity index (χ0) is 13.1. The largest absolute Gasteiger partial charge is 0.386 e. The van der Waals surface area contributed by atoms with E-state index in [-0.39, 0.29) is 0 Å². The van der Waals surface area contributed by atoms with E-state index in [4.69, 9.17) is 0 Å². The topological polar surface area (TPSA) is 38.0 Å². The molecular formula is C14H20N2OS. The first-order valence-electron chi connectivity index (χ1n) is 6.42. The second-order valence-corrected chi connectivity index (χ2v) is 5.73. The number of aromatic nitrogens is 2. The summed E-state index contributed by atoms with van der Waals surface area (Å²) >= 11 is 1.78. The Labute approximate surface area is 112 Å². The molecule has 1 N–H and O–H groups in total. The second kappa shape index (κ2) is 5.67. The average molecular weight is 264 g/mol. The lowest BCUT2D eigenvalue weighted by Gasteiger charge is -2.09. The number of hydrogen-bond donors (Lipinski definition) is 1. The second-order valence-electron chi connectivity index (χ2n) is 4.48. The minimum absolute atomic E-state index is 0.467. The number of nitrogens with zero attached hydrogens (tertiary/aromatic N) is 2. The van der Waals surface area contributed by atoms with Gasteiger partial charge in [0.25, 0.3) is 0 Å². The van der Waals surface area contributed by atoms with Gasteiger partial charge in [0.1, 0.15) is 6.10 Å². The van der Waals surface area contributed by atoms with Gasteiger partial charge in [-0.05, 0) is 31.0 Å². The van der Waals surface area contributed by atoms with Crippen LogP contribution in [-0.2, 0) is 26.3 Å². The smallest absolute Gasteiger partial charge is 0.100 e. The summed E-state index contributed by atoms with van der Waals surface area (Å²) < 4.78 is 1.79. The van der Waals surface area contributed by atoms with Gasteiger partial charge >= 0.3 is 0 Å². The summed E-state index contributed by atoms with van der Waals surface area (Å²) in [6, 6.07) is 6.26. The van der Waals surface area contributed by atoms with Gasteiger partial charge in [-0.15, -0.1) is 11.3 Å². The number of rotatable bonds is 5. The van der Waals surface area contributed by atoms with Gasteiger partial charge in [0.2, 0.25) is 0 Å². The molecule has 0 fully saturated rings. The van der Waals surface area contributed by atoms with Crippen molar-refractivity contribution >= 4 is 11.3 Å². The molecule has 0 aliphatic heterocycles. The molecule has 0 amide bonds. The Morgan fingerprint density at radius 1 is 1.28 bits per heavy atom. The molecule has 4 heteroatoms. The van der Waals surface area contributed by atoms with Crippen molar-refractivity contribution in [3.05, 3.63) is 39.3 Å². The number of aliphatic hydroxyl groups excluding tert-OH is 1. The van der Waals surface area contributed by atoms with E-state index in [1.807, 2.05) is 13.1 Å². The normalized spacial score (nSPS) is 12.9. The predicted octanol–water partition coefficient (Wildman–Crippen LogP) is 2.88. The molecule has 1 atom stereocenters. The summed E-state index contributed by atoms with van der Waals surface area (Å²) in [6.07, 6.45) is 2.17. The van der Waals surface area contributed by atoms with Crippen molar-refractivity contribution in [2.24, 2.45) is 7.05 Å². The Kier molecular flexibility index (Phi) is 4.19. The highest BCUT2D eigenvalue weighted by Gasteiger charge is 2.15. The fraction of sp³-hybridized carbons (Fsp3) is 0.500. The highest BCUT2D eigenvalue weighted by atomic mass is 32.1. The van der Waals surface area contributed by atoms with E-state index < -0.39 is 6.10 Å². The lowest BCUT2D eigenvalue weighted by Crippen LogP contribution is -2.07. The van der Waals surface area contributed by atoms with Crippen LogP contribution in [0.3, 0.4) is 0 Å². The van der Waals surface area contributed by atoms with Crippen molar-refractivity contribution in [1.29, 1.82) is 0 Å². The quantitative estimate of drug-likeness (QED) is 0.901. The van der Waals surface area contributed by atoms with Gasteiger partial charge in [0.15, 0.2) is 0 Å². The molecule has 2 heterocycles. The molecule has 0 saturated heterocycles. The van der Waals surface area contributed by atoms with Gasteiger partial charge in [-0.1, -0.05) is 13.8 Å². The predicted molar refractivity (Wildman–Crippen MR) is 74.9 cm³/mol. The Bertz CT molecular complexity index is 516. The number of hydrogen-bond acceptors (Lipinski definition) is 3. The molecule has 0 aliphatic rings. The van der Waals surface area contributed by atoms with E-state index in [9.17, 15) is 5.11 Å². The Morgan fingerprint density at radius 2 is 2.00 bits per heavy atom. The molecule has 2 aromatic rings. The van der Waals surface area contributed by atoms with Crippen LogP contribution < -0.4 is 0 Å². The highest BCUT2D eigenvalue weighted by Crippen LogP contribution is 2.24. The van der Waals surface area contributed by atoms with Gasteiger partial charge in [0.05, 0.1) is 11.4 Å². The van der Waals surface area contributed by atoms with E-state index >= 15 is 0 Å². The Morgan fingerprint density at radius 3 is 2.56 bits per heavy atom. The molecule has 0 spiro atoms. The molecule has 98 valence electrons. The summed E-state index contributed by atoms with van der Waals surface area (Å²) in [4.78, 5) is 2.61. The van der Waals surface area contributed by atoms with E-state index in [1.165, 1.54) is 9.75 Å². The molecule has 0 radical (unpaired) electrons. The Hall–Kier alpha value is -1.13. The molecular weight excluding hydrogens is 244 g/mol. The fourth-order valence-corrected chi connectivity index (χ4v) is 3.04. The lowest BCUT2D eigenvalue weighted by molar-refractivity contribution is 0.169. The molecule has 0 aromatic carbocycles. The van der Waals surface area contributed by atoms with E-state index in [0.717, 1.165) is 24.2 Å². The van der Waals surface area contributed by atoms with Crippen molar-refractivity contribution in [2.75, 3.05) is 0 Å². The first-order chi connectivity index (χ1) is 8.63. The maximum absolute atomic E-state index is 10.3. The van der Waals surface area contributed by atoms with Crippen LogP contribution in [0.4, 0.5) is 0 Å². The number of aryl methyl sites for hydroxylation is 3. The summed E-state index contributed by atoms with van der Waals surface area (Å²) in [5.41, 5.74) is 1.94. The van der Waals surface area contributed by atoms with Gasteiger partial charge in [0, 0.05) is 23.2 Å². The van der Waals surface area contributed by atoms with E-state index in [1.54, 1.807) is 16.0 Å². The van der Waals surface area contributed by atoms with Crippen molar-refractivity contribution in [3.8, 4) is 0 Å². The first kappa shape index (κ1) is 13.3. The minimum Gasteiger partial charge on any atom is -0.386 e. The average Bonchev–Trinajstić information content (AvgIpc) is 2.95. The maximum atomic E-state index is 10.3. The molecule has 3 nitrogen and oxygen atoms in total. The minimum atomic E-state index is -0.467. The lowest BCUT2D eigenvalue weighted by atomic mass is 10.1. The van der Waals surface area contributed by atoms with Gasteiger partial charge in [-0.25, -0.2) is 0 Å². The molecule has 0 aliphatic carbocycles. The summed E-state index contributed by atoms with van der Waals surface area (Å²) in [5.74, 6) is 0. The molecule has 0 bridgehead atoms. The van der Waals surface area contributed by atoms with Crippen LogP contribution >= 0.6 is 11.3 Å². The Balaban J connectivity index is 2.10. The highest BCUT2D eigenvalue weighted by molar-refractivity contribution is 7.11. The van der Waals surface area contributed by atoms with Crippen molar-refractivity contribution in [2.45, 2.75) is 39.2 Å². The first-order valence-corrected chi connectivity index (χ1v) is 7.24. The standard InChI is InChI=1S/C14H20N2OS/c1-4-10-8-13(16(3)15-10)14(17)9-12-7-6-11(5-2)18-12/h6-8,14,17H,4-5,9H2,1-3H3. The number of thiophene rings is 1. The summed E-state index contributed by atoms with van der Waals surface area (Å²) in [6.45, 7) is 4.23. The molecule has 0 saturated carbocycles. The van der Waals surface area contributed by atoms with Crippen molar-refractivity contribution in [3.63, 3.8) is 0 Å². The third-order valence-corrected chi connectivity index (χ3v) is 4.38. The zero-order valence-electron chi connectivity index (χ0n) is 11.2. The van der Waals surface area contributed by atoms with Crippen molar-refractivity contribution in [1.82, 2.24) is 9.78 Å². The van der Waals surface area contributed by atoms with Crippen LogP contribution in [0.25, 0.3) is 0 Å². The van der Waals surface area contributed by atoms with Crippen LogP contribution in [-0.4, -0.2) is 14.9 Å². The molecule has 1 unspecified atom stereocenters. The SMILES string of the molecule is CCc1cc(C(O)Cc2ccc(CC)s2)n(C)n1. The van der Waals surface area contributed by atoms with Gasteiger partial charge in [-0.3, -0.25) is 4.68 Å². The molecule has 2 rings (SSSR count). The molecule has 18 heavy (non-hydrogen) atoms.